The number of benzene rings is 1. The van der Waals surface area contributed by atoms with E-state index in [0.717, 1.165) is 29.0 Å². The van der Waals surface area contributed by atoms with Crippen LogP contribution >= 0.6 is 11.3 Å². The Hall–Kier alpha value is -3.86. The highest BCUT2D eigenvalue weighted by atomic mass is 32.1. The number of carbonyl (C=O) groups excluding carboxylic acids is 1. The van der Waals surface area contributed by atoms with E-state index in [9.17, 15) is 23.5 Å². The molecule has 0 spiro atoms. The first kappa shape index (κ1) is 22.3. The molecule has 0 radical (unpaired) electrons. The number of hydrogen-bond donors (Lipinski definition) is 2. The first-order valence-corrected chi connectivity index (χ1v) is 10.5. The van der Waals surface area contributed by atoms with Crippen molar-refractivity contribution in [3.8, 4) is 11.6 Å². The van der Waals surface area contributed by atoms with E-state index < -0.39 is 28.9 Å². The third-order valence-corrected chi connectivity index (χ3v) is 6.14. The molecule has 0 aliphatic rings. The van der Waals surface area contributed by atoms with Crippen LogP contribution in [0.2, 0.25) is 0 Å². The number of nitrogens with one attached hydrogen (secondary N) is 1. The Kier molecular flexibility index (Phi) is 6.05. The van der Waals surface area contributed by atoms with Gasteiger partial charge in [0.15, 0.2) is 22.4 Å². The second-order valence-electron chi connectivity index (χ2n) is 7.18. The standard InChI is InChI=1S/C22H18F2N4O4S/c1-28-21(31)13(7-11-3-4-14(23)15(24)8-11)18(29)17-22(28)33-20(27-17)19(30)26-10-12-5-6-25-16(9-12)32-2/h3-6,8-9,29H,7,10H2,1-2H3,(H,26,30). The van der Waals surface area contributed by atoms with Crippen LogP contribution in [-0.4, -0.2) is 32.7 Å². The van der Waals surface area contributed by atoms with Crippen molar-refractivity contribution in [2.75, 3.05) is 7.11 Å². The number of thiazole rings is 1. The van der Waals surface area contributed by atoms with Gasteiger partial charge in [-0.2, -0.15) is 0 Å². The van der Waals surface area contributed by atoms with E-state index >= 15 is 0 Å². The summed E-state index contributed by atoms with van der Waals surface area (Å²) in [6, 6.07) is 6.65. The maximum absolute atomic E-state index is 13.6. The molecule has 11 heteroatoms. The molecule has 2 N–H and O–H groups in total. The number of aromatic hydroxyl groups is 1. The Bertz CT molecular complexity index is 1430. The van der Waals surface area contributed by atoms with E-state index in [1.165, 1.54) is 24.8 Å². The monoisotopic (exact) mass is 472 g/mol. The second kappa shape index (κ2) is 8.94. The quantitative estimate of drug-likeness (QED) is 0.447. The Morgan fingerprint density at radius 1 is 1.21 bits per heavy atom. The topological polar surface area (TPSA) is 106 Å². The van der Waals surface area contributed by atoms with Crippen LogP contribution in [0.3, 0.4) is 0 Å². The Balaban J connectivity index is 1.63. The Morgan fingerprint density at radius 2 is 2.00 bits per heavy atom. The van der Waals surface area contributed by atoms with Crippen LogP contribution in [0.4, 0.5) is 8.78 Å². The van der Waals surface area contributed by atoms with E-state index in [1.807, 2.05) is 0 Å². The van der Waals surface area contributed by atoms with Crippen molar-refractivity contribution in [2.24, 2.45) is 7.05 Å². The van der Waals surface area contributed by atoms with Crippen LogP contribution < -0.4 is 15.6 Å². The molecule has 0 aliphatic heterocycles. The van der Waals surface area contributed by atoms with E-state index in [-0.39, 0.29) is 29.1 Å². The van der Waals surface area contributed by atoms with Crippen LogP contribution in [0.1, 0.15) is 26.5 Å². The van der Waals surface area contributed by atoms with Crippen molar-refractivity contribution < 1.29 is 23.4 Å². The molecule has 3 aromatic heterocycles. The first-order valence-electron chi connectivity index (χ1n) is 9.71. The maximum atomic E-state index is 13.6. The van der Waals surface area contributed by atoms with Gasteiger partial charge in [0.2, 0.25) is 5.88 Å². The number of aryl methyl sites for hydroxylation is 1. The van der Waals surface area contributed by atoms with Crippen molar-refractivity contribution in [1.29, 1.82) is 0 Å². The van der Waals surface area contributed by atoms with Gasteiger partial charge in [-0.3, -0.25) is 9.59 Å². The van der Waals surface area contributed by atoms with Crippen LogP contribution in [0.25, 0.3) is 10.3 Å². The Morgan fingerprint density at radius 3 is 2.73 bits per heavy atom. The third kappa shape index (κ3) is 4.40. The van der Waals surface area contributed by atoms with E-state index in [2.05, 4.69) is 15.3 Å². The van der Waals surface area contributed by atoms with Gasteiger partial charge in [0.05, 0.1) is 12.7 Å². The number of carbonyl (C=O) groups is 1. The molecular weight excluding hydrogens is 454 g/mol. The van der Waals surface area contributed by atoms with Crippen molar-refractivity contribution >= 4 is 27.6 Å². The van der Waals surface area contributed by atoms with Gasteiger partial charge in [-0.05, 0) is 29.3 Å². The zero-order chi connectivity index (χ0) is 23.7. The molecule has 1 amide bonds. The van der Waals surface area contributed by atoms with Gasteiger partial charge in [0.25, 0.3) is 11.5 Å². The molecule has 0 atom stereocenters. The zero-order valence-electron chi connectivity index (χ0n) is 17.6. The molecule has 0 saturated carbocycles. The molecule has 33 heavy (non-hydrogen) atoms. The average Bonchev–Trinajstić information content (AvgIpc) is 3.27. The van der Waals surface area contributed by atoms with Gasteiger partial charge in [-0.25, -0.2) is 18.7 Å². The van der Waals surface area contributed by atoms with Gasteiger partial charge in [0, 0.05) is 32.3 Å². The number of pyridine rings is 2. The van der Waals surface area contributed by atoms with Crippen molar-refractivity contribution in [3.63, 3.8) is 0 Å². The second-order valence-corrected chi connectivity index (χ2v) is 8.16. The highest BCUT2D eigenvalue weighted by Crippen LogP contribution is 2.31. The lowest BCUT2D eigenvalue weighted by Crippen LogP contribution is -2.22. The SMILES string of the molecule is COc1cc(CNC(=O)c2nc3c(O)c(Cc4ccc(F)c(F)c4)c(=O)n(C)c3s2)ccn1. The van der Waals surface area contributed by atoms with Crippen LogP contribution in [-0.2, 0) is 20.0 Å². The minimum Gasteiger partial charge on any atom is -0.505 e. The molecule has 4 aromatic rings. The number of aromatic nitrogens is 3. The summed E-state index contributed by atoms with van der Waals surface area (Å²) in [4.78, 5) is 34.0. The molecule has 0 fully saturated rings. The predicted octanol–water partition coefficient (Wildman–Crippen LogP) is 2.90. The lowest BCUT2D eigenvalue weighted by atomic mass is 10.0. The summed E-state index contributed by atoms with van der Waals surface area (Å²) in [5.74, 6) is -2.53. The number of ether oxygens (including phenoxy) is 1. The number of rotatable bonds is 6. The van der Waals surface area contributed by atoms with Crippen LogP contribution in [0, 0.1) is 11.6 Å². The number of methoxy groups -OCH3 is 1. The lowest BCUT2D eigenvalue weighted by molar-refractivity contribution is 0.0950. The smallest absolute Gasteiger partial charge is 0.280 e. The molecule has 0 aliphatic carbocycles. The summed E-state index contributed by atoms with van der Waals surface area (Å²) in [5, 5.41) is 13.5. The molecule has 4 rings (SSSR count). The molecule has 0 saturated heterocycles. The lowest BCUT2D eigenvalue weighted by Gasteiger charge is -2.08. The third-order valence-electron chi connectivity index (χ3n) is 5.01. The van der Waals surface area contributed by atoms with Crippen molar-refractivity contribution in [2.45, 2.75) is 13.0 Å². The van der Waals surface area contributed by atoms with Crippen LogP contribution in [0.5, 0.6) is 11.6 Å². The highest BCUT2D eigenvalue weighted by molar-refractivity contribution is 7.20. The van der Waals surface area contributed by atoms with Gasteiger partial charge in [-0.15, -0.1) is 0 Å². The molecular formula is C22H18F2N4O4S. The number of halogens is 2. The number of amides is 1. The van der Waals surface area contributed by atoms with Crippen LogP contribution in [0.15, 0.2) is 41.3 Å². The summed E-state index contributed by atoms with van der Waals surface area (Å²) in [6.07, 6.45) is 1.43. The first-order chi connectivity index (χ1) is 15.8. The van der Waals surface area contributed by atoms with Gasteiger partial charge in [-0.1, -0.05) is 17.4 Å². The summed E-state index contributed by atoms with van der Waals surface area (Å²) in [6.45, 7) is 0.194. The number of hydrogen-bond acceptors (Lipinski definition) is 7. The molecule has 8 nitrogen and oxygen atoms in total. The molecule has 0 unspecified atom stereocenters. The van der Waals surface area contributed by atoms with Gasteiger partial charge >= 0.3 is 0 Å². The number of nitrogens with zero attached hydrogens (tertiary/aromatic N) is 3. The average molecular weight is 472 g/mol. The summed E-state index contributed by atoms with van der Waals surface area (Å²) < 4.78 is 33.1. The molecule has 1 aromatic carbocycles. The van der Waals surface area contributed by atoms with E-state index in [0.29, 0.717) is 16.3 Å². The van der Waals surface area contributed by atoms with Gasteiger partial charge in [0.1, 0.15) is 10.3 Å². The number of fused-ring (bicyclic) bond motifs is 1. The molecule has 3 heterocycles. The van der Waals surface area contributed by atoms with Crippen molar-refractivity contribution in [3.05, 3.63) is 80.2 Å². The molecule has 0 bridgehead atoms. The predicted molar refractivity (Wildman–Crippen MR) is 118 cm³/mol. The minimum absolute atomic E-state index is 0.0304. The fourth-order valence-electron chi connectivity index (χ4n) is 3.27. The van der Waals surface area contributed by atoms with Gasteiger partial charge < -0.3 is 19.7 Å². The highest BCUT2D eigenvalue weighted by Gasteiger charge is 2.22. The summed E-state index contributed by atoms with van der Waals surface area (Å²) in [7, 11) is 2.98. The van der Waals surface area contributed by atoms with Crippen molar-refractivity contribution in [1.82, 2.24) is 19.9 Å². The maximum Gasteiger partial charge on any atom is 0.280 e. The normalized spacial score (nSPS) is 11.0. The molecule has 170 valence electrons. The fourth-order valence-corrected chi connectivity index (χ4v) is 4.22. The largest absolute Gasteiger partial charge is 0.505 e. The summed E-state index contributed by atoms with van der Waals surface area (Å²) >= 11 is 0.956. The zero-order valence-corrected chi connectivity index (χ0v) is 18.4. The Labute approximate surface area is 190 Å². The summed E-state index contributed by atoms with van der Waals surface area (Å²) in [5.41, 5.74) is 0.596. The fraction of sp³-hybridized carbons (Fsp3) is 0.182. The van der Waals surface area contributed by atoms with E-state index in [1.54, 1.807) is 18.3 Å². The minimum atomic E-state index is -1.05. The van der Waals surface area contributed by atoms with E-state index in [4.69, 9.17) is 4.74 Å².